The Balaban J connectivity index is 1.87. The molecule has 0 bridgehead atoms. The van der Waals surface area contributed by atoms with Crippen LogP contribution < -0.4 is 16.0 Å². The molecule has 0 fully saturated rings. The summed E-state index contributed by atoms with van der Waals surface area (Å²) < 4.78 is 5.45. The summed E-state index contributed by atoms with van der Waals surface area (Å²) in [6, 6.07) is 10.8. The van der Waals surface area contributed by atoms with Gasteiger partial charge in [-0.2, -0.15) is 0 Å². The van der Waals surface area contributed by atoms with Gasteiger partial charge in [-0.3, -0.25) is 9.69 Å². The molecule has 1 aromatic heterocycles. The average molecular weight is 372 g/mol. The fraction of sp³-hybridized carbons (Fsp3) is 0.400. The fourth-order valence-electron chi connectivity index (χ4n) is 2.58. The predicted octanol–water partition coefficient (Wildman–Crippen LogP) is 2.52. The first-order valence-corrected chi connectivity index (χ1v) is 8.98. The van der Waals surface area contributed by atoms with Gasteiger partial charge in [-0.1, -0.05) is 12.1 Å². The maximum absolute atomic E-state index is 12.4. The van der Waals surface area contributed by atoms with Gasteiger partial charge in [0.1, 0.15) is 5.76 Å². The van der Waals surface area contributed by atoms with Gasteiger partial charge in [-0.15, -0.1) is 0 Å². The van der Waals surface area contributed by atoms with Crippen LogP contribution in [0.4, 0.5) is 4.79 Å². The van der Waals surface area contributed by atoms with Crippen LogP contribution in [0.15, 0.2) is 47.1 Å². The highest BCUT2D eigenvalue weighted by molar-refractivity contribution is 5.94. The third-order valence-electron chi connectivity index (χ3n) is 4.04. The van der Waals surface area contributed by atoms with Crippen LogP contribution in [0.5, 0.6) is 0 Å². The van der Waals surface area contributed by atoms with Gasteiger partial charge in [0.25, 0.3) is 5.91 Å². The number of benzene rings is 1. The molecule has 0 aliphatic heterocycles. The second kappa shape index (κ2) is 9.78. The van der Waals surface area contributed by atoms with Crippen molar-refractivity contribution in [3.05, 3.63) is 59.5 Å². The first-order chi connectivity index (χ1) is 12.9. The third-order valence-corrected chi connectivity index (χ3v) is 4.04. The number of carbonyl (C=O) groups excluding carboxylic acids is 2. The molecule has 0 aliphatic rings. The molecular formula is C20H28N4O3. The monoisotopic (exact) mass is 372 g/mol. The Morgan fingerprint density at radius 2 is 1.78 bits per heavy atom. The molecule has 0 saturated carbocycles. The summed E-state index contributed by atoms with van der Waals surface area (Å²) in [5, 5.41) is 8.48. The quantitative estimate of drug-likeness (QED) is 0.665. The smallest absolute Gasteiger partial charge is 0.315 e. The van der Waals surface area contributed by atoms with Gasteiger partial charge in [0.2, 0.25) is 0 Å². The van der Waals surface area contributed by atoms with E-state index in [1.165, 1.54) is 0 Å². The highest BCUT2D eigenvalue weighted by atomic mass is 16.3. The Morgan fingerprint density at radius 1 is 1.07 bits per heavy atom. The molecule has 0 spiro atoms. The summed E-state index contributed by atoms with van der Waals surface area (Å²) in [7, 11) is 3.88. The third kappa shape index (κ3) is 6.45. The fourth-order valence-corrected chi connectivity index (χ4v) is 2.58. The summed E-state index contributed by atoms with van der Waals surface area (Å²) in [6.07, 6.45) is 1.63. The molecule has 3 amide bonds. The van der Waals surface area contributed by atoms with Gasteiger partial charge in [0.05, 0.1) is 12.3 Å². The summed E-state index contributed by atoms with van der Waals surface area (Å²) in [6.45, 7) is 4.65. The summed E-state index contributed by atoms with van der Waals surface area (Å²) >= 11 is 0. The van der Waals surface area contributed by atoms with E-state index in [-0.39, 0.29) is 24.0 Å². The number of amides is 3. The molecule has 27 heavy (non-hydrogen) atoms. The average Bonchev–Trinajstić information content (AvgIpc) is 3.14. The number of hydrogen-bond donors (Lipinski definition) is 3. The summed E-state index contributed by atoms with van der Waals surface area (Å²) in [4.78, 5) is 26.0. The Morgan fingerprint density at radius 3 is 2.33 bits per heavy atom. The van der Waals surface area contributed by atoms with Crippen LogP contribution in [-0.2, 0) is 6.54 Å². The summed E-state index contributed by atoms with van der Waals surface area (Å²) in [5.41, 5.74) is 1.49. The van der Waals surface area contributed by atoms with Crippen molar-refractivity contribution in [1.29, 1.82) is 0 Å². The van der Waals surface area contributed by atoms with Crippen molar-refractivity contribution in [2.24, 2.45) is 0 Å². The topological polar surface area (TPSA) is 86.6 Å². The number of furan rings is 1. The zero-order valence-corrected chi connectivity index (χ0v) is 16.3. The van der Waals surface area contributed by atoms with Crippen molar-refractivity contribution < 1.29 is 14.0 Å². The number of nitrogens with zero attached hydrogens (tertiary/aromatic N) is 1. The lowest BCUT2D eigenvalue weighted by Gasteiger charge is -2.22. The van der Waals surface area contributed by atoms with E-state index in [1.807, 2.05) is 57.1 Å². The lowest BCUT2D eigenvalue weighted by atomic mass is 10.1. The van der Waals surface area contributed by atoms with Gasteiger partial charge in [0.15, 0.2) is 0 Å². The molecule has 2 rings (SSSR count). The Hall–Kier alpha value is -2.80. The first kappa shape index (κ1) is 20.5. The lowest BCUT2D eigenvalue weighted by Crippen LogP contribution is -2.39. The zero-order valence-electron chi connectivity index (χ0n) is 16.3. The molecule has 0 radical (unpaired) electrons. The largest absolute Gasteiger partial charge is 0.468 e. The van der Waals surface area contributed by atoms with E-state index in [9.17, 15) is 9.59 Å². The molecule has 1 aromatic carbocycles. The predicted molar refractivity (Wildman–Crippen MR) is 104 cm³/mol. The van der Waals surface area contributed by atoms with Crippen molar-refractivity contribution in [2.75, 3.05) is 20.6 Å². The van der Waals surface area contributed by atoms with Gasteiger partial charge in [-0.05, 0) is 57.8 Å². The zero-order chi connectivity index (χ0) is 19.8. The molecule has 7 nitrogen and oxygen atoms in total. The Labute approximate surface area is 160 Å². The molecule has 0 aliphatic carbocycles. The Bertz CT molecular complexity index is 724. The summed E-state index contributed by atoms with van der Waals surface area (Å²) in [5.74, 6) is 0.659. The van der Waals surface area contributed by atoms with Crippen molar-refractivity contribution in [1.82, 2.24) is 20.9 Å². The molecule has 1 atom stereocenters. The first-order valence-electron chi connectivity index (χ1n) is 8.98. The molecular weight excluding hydrogens is 344 g/mol. The minimum Gasteiger partial charge on any atom is -0.468 e. The molecule has 7 heteroatoms. The van der Waals surface area contributed by atoms with Gasteiger partial charge in [-0.25, -0.2) is 4.79 Å². The van der Waals surface area contributed by atoms with E-state index in [2.05, 4.69) is 16.0 Å². The van der Waals surface area contributed by atoms with E-state index in [1.54, 1.807) is 18.4 Å². The van der Waals surface area contributed by atoms with Gasteiger partial charge < -0.3 is 20.4 Å². The van der Waals surface area contributed by atoms with Crippen molar-refractivity contribution in [3.8, 4) is 0 Å². The van der Waals surface area contributed by atoms with Crippen LogP contribution in [-0.4, -0.2) is 43.5 Å². The van der Waals surface area contributed by atoms with E-state index < -0.39 is 0 Å². The number of rotatable bonds is 8. The second-order valence-corrected chi connectivity index (χ2v) is 6.88. The number of hydrogen-bond acceptors (Lipinski definition) is 4. The van der Waals surface area contributed by atoms with Crippen LogP contribution in [0, 0.1) is 0 Å². The minimum absolute atomic E-state index is 0.0353. The molecule has 0 saturated heterocycles. The number of nitrogens with one attached hydrogen (secondary N) is 3. The number of likely N-dealkylation sites (N-methyl/N-ethyl adjacent to an activating group) is 1. The second-order valence-electron chi connectivity index (χ2n) is 6.88. The van der Waals surface area contributed by atoms with E-state index in [0.717, 1.165) is 11.3 Å². The molecule has 2 aromatic rings. The van der Waals surface area contributed by atoms with Crippen LogP contribution >= 0.6 is 0 Å². The molecule has 3 N–H and O–H groups in total. The SMILES string of the molecule is CC(C)NC(=O)NCc1ccc(C(=O)NC[C@@H](c2ccco2)N(C)C)cc1. The van der Waals surface area contributed by atoms with Crippen molar-refractivity contribution in [2.45, 2.75) is 32.5 Å². The molecule has 146 valence electrons. The van der Waals surface area contributed by atoms with Crippen LogP contribution in [0.3, 0.4) is 0 Å². The highest BCUT2D eigenvalue weighted by Gasteiger charge is 2.18. The minimum atomic E-state index is -0.209. The van der Waals surface area contributed by atoms with E-state index in [0.29, 0.717) is 18.7 Å². The van der Waals surface area contributed by atoms with Gasteiger partial charge >= 0.3 is 6.03 Å². The number of carbonyl (C=O) groups is 2. The normalized spacial score (nSPS) is 12.1. The van der Waals surface area contributed by atoms with Crippen molar-refractivity contribution >= 4 is 11.9 Å². The molecule has 0 unspecified atom stereocenters. The van der Waals surface area contributed by atoms with Gasteiger partial charge in [0, 0.05) is 24.7 Å². The Kier molecular flexibility index (Phi) is 7.43. The van der Waals surface area contributed by atoms with E-state index >= 15 is 0 Å². The highest BCUT2D eigenvalue weighted by Crippen LogP contribution is 2.17. The standard InChI is InChI=1S/C20H28N4O3/c1-14(2)23-20(26)22-12-15-7-9-16(10-8-15)19(25)21-13-17(24(3)4)18-6-5-11-27-18/h5-11,14,17H,12-13H2,1-4H3,(H,21,25)(H2,22,23,26)/t17-/m0/s1. The maximum Gasteiger partial charge on any atom is 0.315 e. The van der Waals surface area contributed by atoms with Crippen molar-refractivity contribution in [3.63, 3.8) is 0 Å². The molecule has 1 heterocycles. The van der Waals surface area contributed by atoms with Crippen LogP contribution in [0.1, 0.15) is 41.6 Å². The lowest BCUT2D eigenvalue weighted by molar-refractivity contribution is 0.0939. The van der Waals surface area contributed by atoms with E-state index in [4.69, 9.17) is 4.42 Å². The van der Waals surface area contributed by atoms with Crippen LogP contribution in [0.2, 0.25) is 0 Å². The maximum atomic E-state index is 12.4. The number of urea groups is 1. The van der Waals surface area contributed by atoms with Crippen LogP contribution in [0.25, 0.3) is 0 Å².